The molecular formula is C17H29N3. The van der Waals surface area contributed by atoms with Crippen molar-refractivity contribution in [2.45, 2.75) is 65.0 Å². The summed E-state index contributed by atoms with van der Waals surface area (Å²) >= 11 is 0. The molecule has 0 radical (unpaired) electrons. The number of rotatable bonds is 6. The van der Waals surface area contributed by atoms with Gasteiger partial charge in [0.15, 0.2) is 0 Å². The van der Waals surface area contributed by atoms with Crippen molar-refractivity contribution in [1.29, 1.82) is 0 Å². The number of nitrogens with two attached hydrogens (primary N) is 1. The Morgan fingerprint density at radius 3 is 2.60 bits per heavy atom. The molecule has 0 spiro atoms. The largest absolute Gasteiger partial charge is 0.354 e. The molecule has 1 atom stereocenters. The Morgan fingerprint density at radius 2 is 2.00 bits per heavy atom. The van der Waals surface area contributed by atoms with Crippen molar-refractivity contribution in [3.8, 4) is 0 Å². The predicted molar refractivity (Wildman–Crippen MR) is 85.9 cm³/mol. The fourth-order valence-corrected chi connectivity index (χ4v) is 2.97. The normalized spacial score (nSPS) is 17.6. The molecule has 0 aliphatic heterocycles. The molecule has 0 unspecified atom stereocenters. The molecule has 2 rings (SSSR count). The average Bonchev–Trinajstić information content (AvgIpc) is 2.93. The van der Waals surface area contributed by atoms with Crippen molar-refractivity contribution in [2.75, 3.05) is 11.4 Å². The van der Waals surface area contributed by atoms with Crippen LogP contribution in [0.25, 0.3) is 0 Å². The van der Waals surface area contributed by atoms with E-state index in [1.165, 1.54) is 37.7 Å². The highest BCUT2D eigenvalue weighted by Gasteiger charge is 2.24. The van der Waals surface area contributed by atoms with E-state index < -0.39 is 0 Å². The second-order valence-electron chi connectivity index (χ2n) is 6.55. The summed E-state index contributed by atoms with van der Waals surface area (Å²) in [6.45, 7) is 7.72. The fourth-order valence-electron chi connectivity index (χ4n) is 2.97. The van der Waals surface area contributed by atoms with Gasteiger partial charge in [-0.3, -0.25) is 0 Å². The van der Waals surface area contributed by atoms with Crippen LogP contribution in [-0.4, -0.2) is 17.6 Å². The van der Waals surface area contributed by atoms with Crippen molar-refractivity contribution in [2.24, 2.45) is 11.7 Å². The second kappa shape index (κ2) is 7.07. The van der Waals surface area contributed by atoms with Crippen LogP contribution in [-0.2, 0) is 0 Å². The summed E-state index contributed by atoms with van der Waals surface area (Å²) < 4.78 is 0. The second-order valence-corrected chi connectivity index (χ2v) is 6.55. The third-order valence-corrected chi connectivity index (χ3v) is 4.30. The molecule has 0 amide bonds. The van der Waals surface area contributed by atoms with Crippen LogP contribution in [0, 0.1) is 5.92 Å². The smallest absolute Gasteiger partial charge is 0.129 e. The highest BCUT2D eigenvalue weighted by atomic mass is 15.2. The lowest BCUT2D eigenvalue weighted by atomic mass is 10.1. The average molecular weight is 275 g/mol. The highest BCUT2D eigenvalue weighted by Crippen LogP contribution is 2.28. The van der Waals surface area contributed by atoms with E-state index in [4.69, 9.17) is 5.73 Å². The van der Waals surface area contributed by atoms with E-state index in [1.54, 1.807) is 0 Å². The first-order valence-corrected chi connectivity index (χ1v) is 8.06. The van der Waals surface area contributed by atoms with Gasteiger partial charge >= 0.3 is 0 Å². The number of anilines is 1. The van der Waals surface area contributed by atoms with Gasteiger partial charge in [-0.25, -0.2) is 4.98 Å². The molecule has 0 aromatic carbocycles. The van der Waals surface area contributed by atoms with Crippen LogP contribution in [0.15, 0.2) is 18.3 Å². The minimum atomic E-state index is 0.0762. The number of pyridine rings is 1. The predicted octanol–water partition coefficient (Wildman–Crippen LogP) is 3.90. The lowest BCUT2D eigenvalue weighted by Crippen LogP contribution is -2.35. The fraction of sp³-hybridized carbons (Fsp3) is 0.706. The molecule has 0 bridgehead atoms. The Bertz CT molecular complexity index is 408. The van der Waals surface area contributed by atoms with Gasteiger partial charge in [0.25, 0.3) is 0 Å². The lowest BCUT2D eigenvalue weighted by Gasteiger charge is -2.31. The van der Waals surface area contributed by atoms with Crippen LogP contribution < -0.4 is 10.6 Å². The Labute approximate surface area is 123 Å². The van der Waals surface area contributed by atoms with Gasteiger partial charge < -0.3 is 10.6 Å². The molecule has 1 aromatic rings. The van der Waals surface area contributed by atoms with Crippen LogP contribution in [0.3, 0.4) is 0 Å². The minimum absolute atomic E-state index is 0.0762. The highest BCUT2D eigenvalue weighted by molar-refractivity contribution is 5.43. The van der Waals surface area contributed by atoms with Gasteiger partial charge in [0, 0.05) is 24.8 Å². The Kier molecular flexibility index (Phi) is 5.41. The zero-order valence-electron chi connectivity index (χ0n) is 13.2. The van der Waals surface area contributed by atoms with E-state index in [0.717, 1.165) is 18.3 Å². The maximum atomic E-state index is 6.01. The zero-order chi connectivity index (χ0) is 14.5. The summed E-state index contributed by atoms with van der Waals surface area (Å²) in [6.07, 6.45) is 8.46. The molecule has 0 saturated heterocycles. The summed E-state index contributed by atoms with van der Waals surface area (Å²) in [5.74, 6) is 1.85. The summed E-state index contributed by atoms with van der Waals surface area (Å²) in [6, 6.07) is 4.96. The van der Waals surface area contributed by atoms with Gasteiger partial charge in [0.1, 0.15) is 5.82 Å². The summed E-state index contributed by atoms with van der Waals surface area (Å²) in [5, 5.41) is 0. The maximum absolute atomic E-state index is 6.01. The molecule has 3 nitrogen and oxygen atoms in total. The standard InChI is InChI=1S/C17H29N3/c1-13(2)9-11-20(16-6-4-5-7-16)17-12-15(14(3)18)8-10-19-17/h8,10,12-14,16H,4-7,9,11,18H2,1-3H3/t14-/m0/s1. The van der Waals surface area contributed by atoms with Crippen molar-refractivity contribution in [3.05, 3.63) is 23.9 Å². The van der Waals surface area contributed by atoms with Gasteiger partial charge in [-0.2, -0.15) is 0 Å². The molecule has 1 aromatic heterocycles. The van der Waals surface area contributed by atoms with E-state index in [2.05, 4.69) is 29.8 Å². The zero-order valence-corrected chi connectivity index (χ0v) is 13.2. The Balaban J connectivity index is 2.18. The molecule has 1 heterocycles. The molecule has 3 heteroatoms. The Morgan fingerprint density at radius 1 is 1.30 bits per heavy atom. The SMILES string of the molecule is CC(C)CCN(c1cc([C@H](C)N)ccn1)C1CCCC1. The maximum Gasteiger partial charge on any atom is 0.129 e. The molecule has 1 saturated carbocycles. The quantitative estimate of drug-likeness (QED) is 0.856. The minimum Gasteiger partial charge on any atom is -0.354 e. The van der Waals surface area contributed by atoms with Gasteiger partial charge in [-0.1, -0.05) is 26.7 Å². The summed E-state index contributed by atoms with van der Waals surface area (Å²) in [5.41, 5.74) is 7.20. The van der Waals surface area contributed by atoms with Crippen molar-refractivity contribution >= 4 is 5.82 Å². The van der Waals surface area contributed by atoms with Crippen LogP contribution >= 0.6 is 0 Å². The molecular weight excluding hydrogens is 246 g/mol. The van der Waals surface area contributed by atoms with Crippen molar-refractivity contribution < 1.29 is 0 Å². The summed E-state index contributed by atoms with van der Waals surface area (Å²) in [7, 11) is 0. The molecule has 112 valence electrons. The summed E-state index contributed by atoms with van der Waals surface area (Å²) in [4.78, 5) is 7.14. The first-order valence-electron chi connectivity index (χ1n) is 8.06. The van der Waals surface area contributed by atoms with E-state index in [9.17, 15) is 0 Å². The van der Waals surface area contributed by atoms with Crippen LogP contribution in [0.1, 0.15) is 64.5 Å². The first kappa shape index (κ1) is 15.3. The van der Waals surface area contributed by atoms with Gasteiger partial charge in [-0.05, 0) is 49.8 Å². The van der Waals surface area contributed by atoms with Crippen molar-refractivity contribution in [3.63, 3.8) is 0 Å². The third kappa shape index (κ3) is 3.95. The monoisotopic (exact) mass is 275 g/mol. The van der Waals surface area contributed by atoms with Crippen LogP contribution in [0.2, 0.25) is 0 Å². The molecule has 1 aliphatic rings. The van der Waals surface area contributed by atoms with Gasteiger partial charge in [0.2, 0.25) is 0 Å². The molecule has 1 fully saturated rings. The van der Waals surface area contributed by atoms with Gasteiger partial charge in [0.05, 0.1) is 0 Å². The van der Waals surface area contributed by atoms with Crippen molar-refractivity contribution in [1.82, 2.24) is 4.98 Å². The molecule has 20 heavy (non-hydrogen) atoms. The number of hydrogen-bond donors (Lipinski definition) is 1. The first-order chi connectivity index (χ1) is 9.58. The number of hydrogen-bond acceptors (Lipinski definition) is 3. The van der Waals surface area contributed by atoms with E-state index in [0.29, 0.717) is 6.04 Å². The van der Waals surface area contributed by atoms with Crippen LogP contribution in [0.4, 0.5) is 5.82 Å². The van der Waals surface area contributed by atoms with Gasteiger partial charge in [-0.15, -0.1) is 0 Å². The molecule has 1 aliphatic carbocycles. The van der Waals surface area contributed by atoms with E-state index in [-0.39, 0.29) is 6.04 Å². The number of nitrogens with zero attached hydrogens (tertiary/aromatic N) is 2. The van der Waals surface area contributed by atoms with Crippen LogP contribution in [0.5, 0.6) is 0 Å². The Hall–Kier alpha value is -1.09. The number of aromatic nitrogens is 1. The van der Waals surface area contributed by atoms with E-state index in [1.807, 2.05) is 19.2 Å². The molecule has 2 N–H and O–H groups in total. The topological polar surface area (TPSA) is 42.1 Å². The lowest BCUT2D eigenvalue weighted by molar-refractivity contribution is 0.524. The van der Waals surface area contributed by atoms with E-state index >= 15 is 0 Å². The third-order valence-electron chi connectivity index (χ3n) is 4.30.